The molecule has 1 N–H and O–H groups in total. The number of anilines is 1. The summed E-state index contributed by atoms with van der Waals surface area (Å²) in [5.41, 5.74) is 0.648. The van der Waals surface area contributed by atoms with Crippen LogP contribution in [0.3, 0.4) is 0 Å². The number of hydrogen-bond acceptors (Lipinski definition) is 3. The first-order chi connectivity index (χ1) is 6.92. The Kier molecular flexibility index (Phi) is 2.61. The van der Waals surface area contributed by atoms with Crippen LogP contribution in [0.5, 0.6) is 0 Å². The first-order valence-electron chi connectivity index (χ1n) is 4.70. The van der Waals surface area contributed by atoms with Crippen molar-refractivity contribution in [3.63, 3.8) is 0 Å². The van der Waals surface area contributed by atoms with Gasteiger partial charge in [0.15, 0.2) is 0 Å². The zero-order valence-corrected chi connectivity index (χ0v) is 7.90. The second kappa shape index (κ2) is 4.07. The second-order valence-electron chi connectivity index (χ2n) is 3.19. The van der Waals surface area contributed by atoms with Crippen LogP contribution >= 0.6 is 0 Å². The molecule has 1 aromatic rings. The van der Waals surface area contributed by atoms with E-state index in [2.05, 4.69) is 20.0 Å². The fraction of sp³-hybridized carbons (Fsp3) is 0.400. The predicted octanol–water partition coefficient (Wildman–Crippen LogP) is 1.04. The molecule has 2 heterocycles. The van der Waals surface area contributed by atoms with Crippen molar-refractivity contribution in [1.82, 2.24) is 10.3 Å². The maximum Gasteiger partial charge on any atom is 0.228 e. The molecule has 0 atom stereocenters. The lowest BCUT2D eigenvalue weighted by molar-refractivity contribution is 0.585. The fourth-order valence-electron chi connectivity index (χ4n) is 1.60. The SMILES string of the molecule is [C-]#[N+]c1cccnc1N1CCNCC1. The van der Waals surface area contributed by atoms with Gasteiger partial charge >= 0.3 is 0 Å². The lowest BCUT2D eigenvalue weighted by Crippen LogP contribution is -2.43. The van der Waals surface area contributed by atoms with Gasteiger partial charge in [-0.05, 0) is 0 Å². The minimum atomic E-state index is 0.648. The summed E-state index contributed by atoms with van der Waals surface area (Å²) in [6.45, 7) is 10.8. The maximum absolute atomic E-state index is 7.05. The molecule has 1 aromatic heterocycles. The summed E-state index contributed by atoms with van der Waals surface area (Å²) in [5.74, 6) is 0.823. The van der Waals surface area contributed by atoms with Crippen molar-refractivity contribution >= 4 is 11.5 Å². The molecule has 0 aromatic carbocycles. The summed E-state index contributed by atoms with van der Waals surface area (Å²) in [6.07, 6.45) is 1.74. The van der Waals surface area contributed by atoms with E-state index in [0.29, 0.717) is 5.69 Å². The van der Waals surface area contributed by atoms with Crippen LogP contribution in [0.25, 0.3) is 4.85 Å². The van der Waals surface area contributed by atoms with Gasteiger partial charge in [0.05, 0.1) is 6.57 Å². The molecule has 0 spiro atoms. The Bertz CT molecular complexity index is 349. The first-order valence-corrected chi connectivity index (χ1v) is 4.70. The Morgan fingerprint density at radius 1 is 1.43 bits per heavy atom. The summed E-state index contributed by atoms with van der Waals surface area (Å²) in [5, 5.41) is 3.28. The van der Waals surface area contributed by atoms with Gasteiger partial charge < -0.3 is 10.2 Å². The van der Waals surface area contributed by atoms with Crippen LogP contribution in [0.4, 0.5) is 11.5 Å². The van der Waals surface area contributed by atoms with Gasteiger partial charge in [-0.2, -0.15) is 0 Å². The van der Waals surface area contributed by atoms with Crippen LogP contribution < -0.4 is 10.2 Å². The Hall–Kier alpha value is -1.60. The lowest BCUT2D eigenvalue weighted by atomic mass is 10.3. The number of pyridine rings is 1. The van der Waals surface area contributed by atoms with E-state index in [1.165, 1.54) is 0 Å². The summed E-state index contributed by atoms with van der Waals surface area (Å²) >= 11 is 0. The largest absolute Gasteiger partial charge is 0.363 e. The van der Waals surface area contributed by atoms with Crippen LogP contribution in [-0.2, 0) is 0 Å². The molecule has 72 valence electrons. The van der Waals surface area contributed by atoms with E-state index >= 15 is 0 Å². The molecule has 0 aliphatic carbocycles. The van der Waals surface area contributed by atoms with Crippen molar-refractivity contribution in [1.29, 1.82) is 0 Å². The standard InChI is InChI=1S/C10H12N4/c1-11-9-3-2-4-13-10(9)14-7-5-12-6-8-14/h2-4,12H,5-8H2. The van der Waals surface area contributed by atoms with Crippen LogP contribution in [0, 0.1) is 6.57 Å². The number of nitrogens with zero attached hydrogens (tertiary/aromatic N) is 3. The third-order valence-corrected chi connectivity index (χ3v) is 2.30. The van der Waals surface area contributed by atoms with Gasteiger partial charge in [0.25, 0.3) is 0 Å². The van der Waals surface area contributed by atoms with Crippen molar-refractivity contribution in [2.24, 2.45) is 0 Å². The number of rotatable bonds is 1. The van der Waals surface area contributed by atoms with Crippen LogP contribution in [0.15, 0.2) is 18.3 Å². The summed E-state index contributed by atoms with van der Waals surface area (Å²) in [6, 6.07) is 3.62. The van der Waals surface area contributed by atoms with Gasteiger partial charge in [0.1, 0.15) is 5.82 Å². The van der Waals surface area contributed by atoms with Gasteiger partial charge in [0.2, 0.25) is 5.69 Å². The lowest BCUT2D eigenvalue weighted by Gasteiger charge is -2.29. The van der Waals surface area contributed by atoms with Gasteiger partial charge in [-0.3, -0.25) is 4.98 Å². The van der Waals surface area contributed by atoms with Gasteiger partial charge in [-0.25, -0.2) is 4.85 Å². The highest BCUT2D eigenvalue weighted by molar-refractivity contribution is 5.66. The Balaban J connectivity index is 2.26. The third-order valence-electron chi connectivity index (χ3n) is 2.30. The Morgan fingerprint density at radius 2 is 2.21 bits per heavy atom. The zero-order chi connectivity index (χ0) is 9.80. The van der Waals surface area contributed by atoms with E-state index in [4.69, 9.17) is 6.57 Å². The molecule has 2 rings (SSSR count). The third kappa shape index (κ3) is 1.68. The molecule has 1 aliphatic heterocycles. The quantitative estimate of drug-likeness (QED) is 0.668. The highest BCUT2D eigenvalue weighted by Gasteiger charge is 2.14. The van der Waals surface area contributed by atoms with E-state index in [1.807, 2.05) is 6.07 Å². The van der Waals surface area contributed by atoms with Crippen molar-refractivity contribution in [3.8, 4) is 0 Å². The van der Waals surface area contributed by atoms with E-state index < -0.39 is 0 Å². The average molecular weight is 188 g/mol. The van der Waals surface area contributed by atoms with Gasteiger partial charge in [-0.1, -0.05) is 12.1 Å². The second-order valence-corrected chi connectivity index (χ2v) is 3.19. The normalized spacial score (nSPS) is 16.4. The van der Waals surface area contributed by atoms with Crippen molar-refractivity contribution < 1.29 is 0 Å². The van der Waals surface area contributed by atoms with E-state index in [9.17, 15) is 0 Å². The van der Waals surface area contributed by atoms with Crippen LogP contribution in [0.2, 0.25) is 0 Å². The van der Waals surface area contributed by atoms with E-state index in [1.54, 1.807) is 12.3 Å². The molecule has 14 heavy (non-hydrogen) atoms. The molecular weight excluding hydrogens is 176 g/mol. The molecule has 0 radical (unpaired) electrons. The van der Waals surface area contributed by atoms with Crippen LogP contribution in [-0.4, -0.2) is 31.2 Å². The molecule has 0 saturated carbocycles. The maximum atomic E-state index is 7.05. The number of hydrogen-bond donors (Lipinski definition) is 1. The summed E-state index contributed by atoms with van der Waals surface area (Å²) in [4.78, 5) is 9.89. The Morgan fingerprint density at radius 3 is 2.93 bits per heavy atom. The molecular formula is C10H12N4. The fourth-order valence-corrected chi connectivity index (χ4v) is 1.60. The topological polar surface area (TPSA) is 32.5 Å². The molecule has 1 aliphatic rings. The highest BCUT2D eigenvalue weighted by atomic mass is 15.2. The number of piperazine rings is 1. The number of aromatic nitrogens is 1. The zero-order valence-electron chi connectivity index (χ0n) is 7.90. The van der Waals surface area contributed by atoms with Crippen LogP contribution in [0.1, 0.15) is 0 Å². The van der Waals surface area contributed by atoms with E-state index in [0.717, 1.165) is 32.0 Å². The molecule has 0 amide bonds. The monoisotopic (exact) mass is 188 g/mol. The van der Waals surface area contributed by atoms with Crippen molar-refractivity contribution in [2.45, 2.75) is 0 Å². The van der Waals surface area contributed by atoms with Crippen molar-refractivity contribution in [2.75, 3.05) is 31.1 Å². The average Bonchev–Trinajstić information content (AvgIpc) is 2.30. The molecule has 4 heteroatoms. The van der Waals surface area contributed by atoms with Crippen molar-refractivity contribution in [3.05, 3.63) is 29.7 Å². The van der Waals surface area contributed by atoms with Gasteiger partial charge in [-0.15, -0.1) is 0 Å². The number of nitrogens with one attached hydrogen (secondary N) is 1. The minimum absolute atomic E-state index is 0.648. The molecule has 0 bridgehead atoms. The molecule has 1 saturated heterocycles. The van der Waals surface area contributed by atoms with Gasteiger partial charge in [0, 0.05) is 32.4 Å². The molecule has 1 fully saturated rings. The Labute approximate surface area is 83.4 Å². The van der Waals surface area contributed by atoms with E-state index in [-0.39, 0.29) is 0 Å². The summed E-state index contributed by atoms with van der Waals surface area (Å²) < 4.78 is 0. The molecule has 4 nitrogen and oxygen atoms in total. The smallest absolute Gasteiger partial charge is 0.228 e. The molecule has 0 unspecified atom stereocenters. The highest BCUT2D eigenvalue weighted by Crippen LogP contribution is 2.25. The first kappa shape index (κ1) is 8.97. The summed E-state index contributed by atoms with van der Waals surface area (Å²) in [7, 11) is 0. The minimum Gasteiger partial charge on any atom is -0.363 e. The predicted molar refractivity (Wildman–Crippen MR) is 55.6 cm³/mol.